The van der Waals surface area contributed by atoms with Crippen LogP contribution in [0.25, 0.3) is 11.3 Å². The largest absolute Gasteiger partial charge is 0.481 e. The highest BCUT2D eigenvalue weighted by atomic mass is 16.4. The second kappa shape index (κ2) is 5.52. The third-order valence-corrected chi connectivity index (χ3v) is 3.76. The van der Waals surface area contributed by atoms with E-state index in [1.54, 1.807) is 0 Å². The lowest BCUT2D eigenvalue weighted by molar-refractivity contribution is -0.140. The molecular weight excluding hydrogens is 266 g/mol. The van der Waals surface area contributed by atoms with Crippen LogP contribution in [0.4, 0.5) is 5.82 Å². The molecule has 1 fully saturated rings. The van der Waals surface area contributed by atoms with E-state index >= 15 is 0 Å². The first-order valence-electron chi connectivity index (χ1n) is 7.02. The molecule has 5 heteroatoms. The maximum absolute atomic E-state index is 11.1. The zero-order valence-corrected chi connectivity index (χ0v) is 11.9. The summed E-state index contributed by atoms with van der Waals surface area (Å²) in [5.74, 6) is 0.474. The van der Waals surface area contributed by atoms with Gasteiger partial charge in [0.2, 0.25) is 0 Å². The molecule has 1 N–H and O–H groups in total. The number of rotatable bonds is 3. The van der Waals surface area contributed by atoms with Gasteiger partial charge in [-0.2, -0.15) is 0 Å². The lowest BCUT2D eigenvalue weighted by Gasteiger charge is -2.18. The van der Waals surface area contributed by atoms with Gasteiger partial charge in [-0.05, 0) is 13.3 Å². The van der Waals surface area contributed by atoms with Gasteiger partial charge in [0.25, 0.3) is 0 Å². The number of aliphatic carboxylic acids is 1. The van der Waals surface area contributed by atoms with Crippen LogP contribution in [0.1, 0.15) is 12.2 Å². The first-order valence-corrected chi connectivity index (χ1v) is 7.02. The number of anilines is 1. The van der Waals surface area contributed by atoms with Gasteiger partial charge >= 0.3 is 5.97 Å². The number of benzene rings is 1. The molecule has 0 spiro atoms. The van der Waals surface area contributed by atoms with Gasteiger partial charge in [-0.3, -0.25) is 4.79 Å². The minimum Gasteiger partial charge on any atom is -0.481 e. The molecule has 1 atom stereocenters. The van der Waals surface area contributed by atoms with Gasteiger partial charge in [-0.1, -0.05) is 30.3 Å². The maximum Gasteiger partial charge on any atom is 0.308 e. The highest BCUT2D eigenvalue weighted by molar-refractivity contribution is 5.72. The standard InChI is InChI=1S/C16H17N3O2/c1-11-17-14(12-5-3-2-4-6-12)9-15(18-11)19-8-7-13(10-19)16(20)21/h2-6,9,13H,7-8,10H2,1H3,(H,20,21)/t13-/m1/s1. The van der Waals surface area contributed by atoms with E-state index < -0.39 is 5.97 Å². The lowest BCUT2D eigenvalue weighted by Crippen LogP contribution is -2.23. The number of hydrogen-bond donors (Lipinski definition) is 1. The summed E-state index contributed by atoms with van der Waals surface area (Å²) < 4.78 is 0. The topological polar surface area (TPSA) is 66.3 Å². The molecule has 1 aliphatic heterocycles. The summed E-state index contributed by atoms with van der Waals surface area (Å²) in [6, 6.07) is 11.9. The Morgan fingerprint density at radius 3 is 2.71 bits per heavy atom. The third-order valence-electron chi connectivity index (χ3n) is 3.76. The molecule has 0 amide bonds. The van der Waals surface area contributed by atoms with Gasteiger partial charge in [0.15, 0.2) is 0 Å². The van der Waals surface area contributed by atoms with Crippen molar-refractivity contribution in [3.05, 3.63) is 42.2 Å². The molecule has 0 saturated carbocycles. The molecule has 5 nitrogen and oxygen atoms in total. The molecule has 1 aliphatic rings. The van der Waals surface area contributed by atoms with Gasteiger partial charge in [0.05, 0.1) is 11.6 Å². The van der Waals surface area contributed by atoms with E-state index in [1.165, 1.54) is 0 Å². The summed E-state index contributed by atoms with van der Waals surface area (Å²) in [7, 11) is 0. The average molecular weight is 283 g/mol. The predicted molar refractivity (Wildman–Crippen MR) is 80.2 cm³/mol. The van der Waals surface area contributed by atoms with Crippen molar-refractivity contribution in [3.63, 3.8) is 0 Å². The molecule has 2 aromatic rings. The van der Waals surface area contributed by atoms with Gasteiger partial charge in [-0.15, -0.1) is 0 Å². The summed E-state index contributed by atoms with van der Waals surface area (Å²) in [6.07, 6.45) is 0.666. The number of carboxylic acids is 1. The van der Waals surface area contributed by atoms with Crippen LogP contribution in [0.5, 0.6) is 0 Å². The molecule has 0 aliphatic carbocycles. The van der Waals surface area contributed by atoms with E-state index in [0.29, 0.717) is 18.8 Å². The number of nitrogens with zero attached hydrogens (tertiary/aromatic N) is 3. The Labute approximate surface area is 123 Å². The fourth-order valence-electron chi connectivity index (χ4n) is 2.64. The summed E-state index contributed by atoms with van der Waals surface area (Å²) >= 11 is 0. The van der Waals surface area contributed by atoms with E-state index in [1.807, 2.05) is 48.2 Å². The summed E-state index contributed by atoms with van der Waals surface area (Å²) in [6.45, 7) is 3.10. The van der Waals surface area contributed by atoms with Crippen molar-refractivity contribution in [3.8, 4) is 11.3 Å². The lowest BCUT2D eigenvalue weighted by atomic mass is 10.1. The van der Waals surface area contributed by atoms with E-state index in [9.17, 15) is 4.79 Å². The molecule has 0 bridgehead atoms. The van der Waals surface area contributed by atoms with Gasteiger partial charge in [0, 0.05) is 24.7 Å². The Hall–Kier alpha value is -2.43. The van der Waals surface area contributed by atoms with Crippen molar-refractivity contribution in [2.75, 3.05) is 18.0 Å². The molecule has 1 aromatic heterocycles. The van der Waals surface area contributed by atoms with Crippen LogP contribution in [0.3, 0.4) is 0 Å². The van der Waals surface area contributed by atoms with Crippen molar-refractivity contribution in [2.24, 2.45) is 5.92 Å². The van der Waals surface area contributed by atoms with Crippen molar-refractivity contribution in [1.82, 2.24) is 9.97 Å². The molecule has 108 valence electrons. The second-order valence-electron chi connectivity index (χ2n) is 5.29. The normalized spacial score (nSPS) is 18.0. The summed E-state index contributed by atoms with van der Waals surface area (Å²) in [5.41, 5.74) is 1.91. The van der Waals surface area contributed by atoms with Crippen molar-refractivity contribution in [2.45, 2.75) is 13.3 Å². The molecule has 3 rings (SSSR count). The minimum absolute atomic E-state index is 0.305. The third kappa shape index (κ3) is 2.86. The highest BCUT2D eigenvalue weighted by Crippen LogP contribution is 2.26. The van der Waals surface area contributed by atoms with Crippen LogP contribution in [-0.4, -0.2) is 34.1 Å². The Morgan fingerprint density at radius 1 is 1.29 bits per heavy atom. The predicted octanol–water partition coefficient (Wildman–Crippen LogP) is 2.36. The minimum atomic E-state index is -0.730. The van der Waals surface area contributed by atoms with Crippen LogP contribution in [0, 0.1) is 12.8 Å². The van der Waals surface area contributed by atoms with E-state index in [0.717, 1.165) is 23.6 Å². The van der Waals surface area contributed by atoms with Gasteiger partial charge < -0.3 is 10.0 Å². The molecule has 1 aromatic carbocycles. The highest BCUT2D eigenvalue weighted by Gasteiger charge is 2.29. The molecule has 0 unspecified atom stereocenters. The van der Waals surface area contributed by atoms with E-state index in [2.05, 4.69) is 9.97 Å². The monoisotopic (exact) mass is 283 g/mol. The molecular formula is C16H17N3O2. The quantitative estimate of drug-likeness (QED) is 0.936. The van der Waals surface area contributed by atoms with Crippen molar-refractivity contribution < 1.29 is 9.90 Å². The number of aryl methyl sites for hydroxylation is 1. The zero-order valence-electron chi connectivity index (χ0n) is 11.9. The molecule has 2 heterocycles. The molecule has 0 radical (unpaired) electrons. The van der Waals surface area contributed by atoms with Crippen molar-refractivity contribution in [1.29, 1.82) is 0 Å². The Kier molecular flexibility index (Phi) is 3.56. The number of carboxylic acid groups (broad SMARTS) is 1. The Balaban J connectivity index is 1.91. The average Bonchev–Trinajstić information content (AvgIpc) is 2.98. The smallest absolute Gasteiger partial charge is 0.308 e. The number of aromatic nitrogens is 2. The Morgan fingerprint density at radius 2 is 2.05 bits per heavy atom. The summed E-state index contributed by atoms with van der Waals surface area (Å²) in [5, 5.41) is 9.11. The Bertz CT molecular complexity index is 658. The first-order chi connectivity index (χ1) is 10.1. The second-order valence-corrected chi connectivity index (χ2v) is 5.29. The van der Waals surface area contributed by atoms with Gasteiger partial charge in [-0.25, -0.2) is 9.97 Å². The number of carbonyl (C=O) groups is 1. The van der Waals surface area contributed by atoms with Crippen LogP contribution in [-0.2, 0) is 4.79 Å². The number of hydrogen-bond acceptors (Lipinski definition) is 4. The van der Waals surface area contributed by atoms with E-state index in [4.69, 9.17) is 5.11 Å². The molecule has 21 heavy (non-hydrogen) atoms. The van der Waals surface area contributed by atoms with Crippen LogP contribution < -0.4 is 4.90 Å². The fourth-order valence-corrected chi connectivity index (χ4v) is 2.64. The van der Waals surface area contributed by atoms with Crippen LogP contribution in [0.2, 0.25) is 0 Å². The summed E-state index contributed by atoms with van der Waals surface area (Å²) in [4.78, 5) is 22.0. The SMILES string of the molecule is Cc1nc(-c2ccccc2)cc(N2CC[C@@H](C(=O)O)C2)n1. The maximum atomic E-state index is 11.1. The van der Waals surface area contributed by atoms with E-state index in [-0.39, 0.29) is 5.92 Å². The molecule has 1 saturated heterocycles. The first kappa shape index (κ1) is 13.5. The van der Waals surface area contributed by atoms with Crippen LogP contribution >= 0.6 is 0 Å². The van der Waals surface area contributed by atoms with Crippen molar-refractivity contribution >= 4 is 11.8 Å². The fraction of sp³-hybridized carbons (Fsp3) is 0.312. The zero-order chi connectivity index (χ0) is 14.8. The van der Waals surface area contributed by atoms with Crippen LogP contribution in [0.15, 0.2) is 36.4 Å². The van der Waals surface area contributed by atoms with Gasteiger partial charge in [0.1, 0.15) is 11.6 Å².